The van der Waals surface area contributed by atoms with Crippen molar-refractivity contribution in [1.82, 2.24) is 4.90 Å². The molecule has 1 saturated heterocycles. The van der Waals surface area contributed by atoms with Gasteiger partial charge in [0.2, 0.25) is 0 Å². The van der Waals surface area contributed by atoms with E-state index < -0.39 is 5.97 Å². The van der Waals surface area contributed by atoms with Crippen LogP contribution in [0.25, 0.3) is 0 Å². The average Bonchev–Trinajstić information content (AvgIpc) is 2.17. The van der Waals surface area contributed by atoms with Gasteiger partial charge in [0.15, 0.2) is 0 Å². The second-order valence-corrected chi connectivity index (χ2v) is 5.89. The van der Waals surface area contributed by atoms with Crippen LogP contribution in [-0.2, 0) is 4.79 Å². The second kappa shape index (κ2) is 5.15. The van der Waals surface area contributed by atoms with Crippen LogP contribution in [0, 0.1) is 11.3 Å². The van der Waals surface area contributed by atoms with Crippen LogP contribution in [-0.4, -0.2) is 41.7 Å². The molecule has 0 saturated carbocycles. The molecule has 1 rings (SSSR count). The topological polar surface area (TPSA) is 66.6 Å². The van der Waals surface area contributed by atoms with Gasteiger partial charge in [-0.05, 0) is 31.3 Å². The smallest absolute Gasteiger partial charge is 0.306 e. The summed E-state index contributed by atoms with van der Waals surface area (Å²) < 4.78 is 0. The predicted molar refractivity (Wildman–Crippen MR) is 64.2 cm³/mol. The number of carboxylic acid groups (broad SMARTS) is 1. The van der Waals surface area contributed by atoms with Crippen LogP contribution >= 0.6 is 0 Å². The van der Waals surface area contributed by atoms with Crippen molar-refractivity contribution in [1.29, 1.82) is 0 Å². The lowest BCUT2D eigenvalue weighted by atomic mass is 9.86. The number of hydrogen-bond donors (Lipinski definition) is 2. The molecule has 4 heteroatoms. The SMILES string of the molecule is CC(C)(C)C(N)CN1CCC(C(=O)O)CC1. The van der Waals surface area contributed by atoms with E-state index in [1.54, 1.807) is 0 Å². The minimum absolute atomic E-state index is 0.115. The normalized spacial score (nSPS) is 22.0. The molecule has 0 aromatic heterocycles. The highest BCUT2D eigenvalue weighted by molar-refractivity contribution is 5.70. The lowest BCUT2D eigenvalue weighted by Gasteiger charge is -2.36. The van der Waals surface area contributed by atoms with Gasteiger partial charge in [-0.15, -0.1) is 0 Å². The van der Waals surface area contributed by atoms with Gasteiger partial charge in [-0.1, -0.05) is 20.8 Å². The summed E-state index contributed by atoms with van der Waals surface area (Å²) in [7, 11) is 0. The molecule has 0 bridgehead atoms. The highest BCUT2D eigenvalue weighted by Gasteiger charge is 2.28. The molecule has 0 aromatic carbocycles. The van der Waals surface area contributed by atoms with E-state index >= 15 is 0 Å². The number of piperidine rings is 1. The number of carbonyl (C=O) groups is 1. The molecule has 3 N–H and O–H groups in total. The van der Waals surface area contributed by atoms with Crippen LogP contribution in [0.4, 0.5) is 0 Å². The fourth-order valence-corrected chi connectivity index (χ4v) is 1.91. The second-order valence-electron chi connectivity index (χ2n) is 5.89. The molecule has 1 fully saturated rings. The Balaban J connectivity index is 2.35. The maximum atomic E-state index is 10.8. The van der Waals surface area contributed by atoms with Crippen LogP contribution in [0.5, 0.6) is 0 Å². The summed E-state index contributed by atoms with van der Waals surface area (Å²) in [6.45, 7) is 9.02. The minimum atomic E-state index is -0.653. The van der Waals surface area contributed by atoms with E-state index in [2.05, 4.69) is 25.7 Å². The van der Waals surface area contributed by atoms with E-state index in [0.29, 0.717) is 0 Å². The van der Waals surface area contributed by atoms with Crippen molar-refractivity contribution >= 4 is 5.97 Å². The van der Waals surface area contributed by atoms with Crippen molar-refractivity contribution in [2.45, 2.75) is 39.7 Å². The van der Waals surface area contributed by atoms with Crippen LogP contribution in [0.3, 0.4) is 0 Å². The molecule has 1 aliphatic heterocycles. The summed E-state index contributed by atoms with van der Waals surface area (Å²) in [6, 6.07) is 0.147. The van der Waals surface area contributed by atoms with Crippen LogP contribution in [0.15, 0.2) is 0 Å². The third-order valence-corrected chi connectivity index (χ3v) is 3.50. The lowest BCUT2D eigenvalue weighted by Crippen LogP contribution is -2.48. The number of carboxylic acids is 1. The monoisotopic (exact) mass is 228 g/mol. The molecule has 1 heterocycles. The van der Waals surface area contributed by atoms with Crippen molar-refractivity contribution in [2.24, 2.45) is 17.1 Å². The first-order valence-corrected chi connectivity index (χ1v) is 6.01. The van der Waals surface area contributed by atoms with Gasteiger partial charge >= 0.3 is 5.97 Å². The third-order valence-electron chi connectivity index (χ3n) is 3.50. The van der Waals surface area contributed by atoms with Gasteiger partial charge in [-0.25, -0.2) is 0 Å². The van der Waals surface area contributed by atoms with E-state index in [1.807, 2.05) is 0 Å². The van der Waals surface area contributed by atoms with Gasteiger partial charge in [0, 0.05) is 12.6 Å². The maximum absolute atomic E-state index is 10.8. The number of likely N-dealkylation sites (tertiary alicyclic amines) is 1. The van der Waals surface area contributed by atoms with Gasteiger partial charge < -0.3 is 15.7 Å². The van der Waals surface area contributed by atoms with E-state index in [1.165, 1.54) is 0 Å². The predicted octanol–water partition coefficient (Wildman–Crippen LogP) is 1.16. The molecule has 0 radical (unpaired) electrons. The summed E-state index contributed by atoms with van der Waals surface area (Å²) in [5, 5.41) is 8.89. The van der Waals surface area contributed by atoms with Crippen LogP contribution < -0.4 is 5.73 Å². The summed E-state index contributed by atoms with van der Waals surface area (Å²) in [4.78, 5) is 13.1. The first-order chi connectivity index (χ1) is 7.30. The van der Waals surface area contributed by atoms with Gasteiger partial charge in [-0.3, -0.25) is 4.79 Å². The molecule has 0 spiro atoms. The van der Waals surface area contributed by atoms with Crippen LogP contribution in [0.1, 0.15) is 33.6 Å². The Morgan fingerprint density at radius 2 is 1.94 bits per heavy atom. The molecular formula is C12H24N2O2. The summed E-state index contributed by atoms with van der Waals surface area (Å²) in [5.41, 5.74) is 6.23. The number of rotatable bonds is 3. The highest BCUT2D eigenvalue weighted by Crippen LogP contribution is 2.21. The largest absolute Gasteiger partial charge is 0.481 e. The molecule has 1 atom stereocenters. The summed E-state index contributed by atoms with van der Waals surface area (Å²) in [5.74, 6) is -0.804. The van der Waals surface area contributed by atoms with Gasteiger partial charge in [0.1, 0.15) is 0 Å². The molecule has 4 nitrogen and oxygen atoms in total. The Morgan fingerprint density at radius 1 is 1.44 bits per heavy atom. The Hall–Kier alpha value is -0.610. The number of nitrogens with two attached hydrogens (primary N) is 1. The summed E-state index contributed by atoms with van der Waals surface area (Å²) in [6.07, 6.45) is 1.51. The zero-order chi connectivity index (χ0) is 12.3. The number of nitrogens with zero attached hydrogens (tertiary/aromatic N) is 1. The minimum Gasteiger partial charge on any atom is -0.481 e. The quantitative estimate of drug-likeness (QED) is 0.760. The Morgan fingerprint density at radius 3 is 2.31 bits per heavy atom. The van der Waals surface area contributed by atoms with Crippen molar-refractivity contribution in [3.63, 3.8) is 0 Å². The third kappa shape index (κ3) is 3.76. The number of aliphatic carboxylic acids is 1. The zero-order valence-electron chi connectivity index (χ0n) is 10.6. The van der Waals surface area contributed by atoms with E-state index in [4.69, 9.17) is 10.8 Å². The number of hydrogen-bond acceptors (Lipinski definition) is 3. The standard InChI is InChI=1S/C12H24N2O2/c1-12(2,3)10(13)8-14-6-4-9(5-7-14)11(15)16/h9-10H,4-8,13H2,1-3H3,(H,15,16). The molecule has 0 amide bonds. The van der Waals surface area contributed by atoms with E-state index in [0.717, 1.165) is 32.5 Å². The molecule has 1 unspecified atom stereocenters. The fraction of sp³-hybridized carbons (Fsp3) is 0.917. The Kier molecular flexibility index (Phi) is 4.33. The van der Waals surface area contributed by atoms with Crippen molar-refractivity contribution in [3.05, 3.63) is 0 Å². The first-order valence-electron chi connectivity index (χ1n) is 6.01. The molecular weight excluding hydrogens is 204 g/mol. The highest BCUT2D eigenvalue weighted by atomic mass is 16.4. The summed E-state index contributed by atoms with van der Waals surface area (Å²) >= 11 is 0. The molecule has 0 aliphatic carbocycles. The van der Waals surface area contributed by atoms with Crippen molar-refractivity contribution in [3.8, 4) is 0 Å². The maximum Gasteiger partial charge on any atom is 0.306 e. The average molecular weight is 228 g/mol. The van der Waals surface area contributed by atoms with Gasteiger partial charge in [-0.2, -0.15) is 0 Å². The first kappa shape index (κ1) is 13.5. The molecule has 0 aromatic rings. The van der Waals surface area contributed by atoms with Crippen LogP contribution in [0.2, 0.25) is 0 Å². The van der Waals surface area contributed by atoms with Crippen molar-refractivity contribution < 1.29 is 9.90 Å². The molecule has 94 valence electrons. The molecule has 16 heavy (non-hydrogen) atoms. The molecule has 1 aliphatic rings. The Labute approximate surface area is 97.8 Å². The van der Waals surface area contributed by atoms with Gasteiger partial charge in [0.25, 0.3) is 0 Å². The lowest BCUT2D eigenvalue weighted by molar-refractivity contribution is -0.143. The van der Waals surface area contributed by atoms with E-state index in [-0.39, 0.29) is 17.4 Å². The van der Waals surface area contributed by atoms with Crippen molar-refractivity contribution in [2.75, 3.05) is 19.6 Å². The van der Waals surface area contributed by atoms with E-state index in [9.17, 15) is 4.79 Å². The van der Waals surface area contributed by atoms with Gasteiger partial charge in [0.05, 0.1) is 5.92 Å². The fourth-order valence-electron chi connectivity index (χ4n) is 1.91. The Bertz CT molecular complexity index is 240. The zero-order valence-corrected chi connectivity index (χ0v) is 10.6.